The van der Waals surface area contributed by atoms with Crippen LogP contribution in [0.1, 0.15) is 5.56 Å². The van der Waals surface area contributed by atoms with Gasteiger partial charge in [-0.15, -0.1) is 0 Å². The van der Waals surface area contributed by atoms with E-state index in [-0.39, 0.29) is 0 Å². The van der Waals surface area contributed by atoms with Crippen molar-refractivity contribution in [2.45, 2.75) is 6.92 Å². The second-order valence-corrected chi connectivity index (χ2v) is 5.48. The number of aromatic nitrogens is 3. The summed E-state index contributed by atoms with van der Waals surface area (Å²) >= 11 is 3.50. The highest BCUT2D eigenvalue weighted by atomic mass is 79.9. The minimum absolute atomic E-state index is 0.479. The van der Waals surface area contributed by atoms with Gasteiger partial charge in [-0.25, -0.2) is 0 Å². The van der Waals surface area contributed by atoms with Gasteiger partial charge >= 0.3 is 0 Å². The quantitative estimate of drug-likeness (QED) is 0.752. The molecular formula is C15H13BrN4. The average molecular weight is 329 g/mol. The Morgan fingerprint density at radius 2 is 2.10 bits per heavy atom. The minimum atomic E-state index is 0.479. The fourth-order valence-corrected chi connectivity index (χ4v) is 2.58. The third-order valence-corrected chi connectivity index (χ3v) is 3.71. The zero-order valence-corrected chi connectivity index (χ0v) is 12.5. The predicted octanol–water partition coefficient (Wildman–Crippen LogP) is 3.79. The molecule has 2 heterocycles. The van der Waals surface area contributed by atoms with Crippen molar-refractivity contribution in [3.05, 3.63) is 52.8 Å². The first-order chi connectivity index (χ1) is 9.66. The SMILES string of the molecule is Cc1ccc(Br)cc1-c1[nH]nc(N)c1-c1cccnc1. The van der Waals surface area contributed by atoms with E-state index in [4.69, 9.17) is 5.73 Å². The number of hydrogen-bond acceptors (Lipinski definition) is 3. The fourth-order valence-electron chi connectivity index (χ4n) is 2.22. The topological polar surface area (TPSA) is 67.6 Å². The standard InChI is InChI=1S/C15H13BrN4/c1-9-4-5-11(16)7-12(9)14-13(15(17)20-19-14)10-3-2-6-18-8-10/h2-8H,1H3,(H3,17,19,20). The van der Waals surface area contributed by atoms with Gasteiger partial charge in [0.05, 0.1) is 11.3 Å². The zero-order valence-electron chi connectivity index (χ0n) is 10.9. The number of nitrogens with one attached hydrogen (secondary N) is 1. The van der Waals surface area contributed by atoms with Gasteiger partial charge < -0.3 is 5.73 Å². The van der Waals surface area contributed by atoms with Gasteiger partial charge in [0.15, 0.2) is 5.82 Å². The number of nitrogen functional groups attached to an aromatic ring is 1. The first-order valence-corrected chi connectivity index (χ1v) is 6.97. The maximum absolute atomic E-state index is 6.02. The second kappa shape index (κ2) is 5.09. The van der Waals surface area contributed by atoms with Crippen LogP contribution in [0.5, 0.6) is 0 Å². The van der Waals surface area contributed by atoms with Gasteiger partial charge in [-0.05, 0) is 30.7 Å². The van der Waals surface area contributed by atoms with E-state index in [1.165, 1.54) is 0 Å². The molecule has 3 rings (SSSR count). The minimum Gasteiger partial charge on any atom is -0.382 e. The van der Waals surface area contributed by atoms with E-state index in [1.54, 1.807) is 12.4 Å². The average Bonchev–Trinajstić information content (AvgIpc) is 2.84. The predicted molar refractivity (Wildman–Crippen MR) is 84.1 cm³/mol. The van der Waals surface area contributed by atoms with Crippen LogP contribution in [0.3, 0.4) is 0 Å². The van der Waals surface area contributed by atoms with Crippen LogP contribution in [-0.2, 0) is 0 Å². The number of hydrogen-bond donors (Lipinski definition) is 2. The van der Waals surface area contributed by atoms with Crippen LogP contribution in [0.15, 0.2) is 47.2 Å². The molecule has 4 nitrogen and oxygen atoms in total. The van der Waals surface area contributed by atoms with Gasteiger partial charge in [0, 0.05) is 28.0 Å². The molecule has 2 aromatic heterocycles. The largest absolute Gasteiger partial charge is 0.382 e. The van der Waals surface area contributed by atoms with Crippen molar-refractivity contribution in [2.75, 3.05) is 5.73 Å². The van der Waals surface area contributed by atoms with Crippen LogP contribution in [0.2, 0.25) is 0 Å². The Labute approximate surface area is 125 Å². The lowest BCUT2D eigenvalue weighted by Gasteiger charge is -2.08. The number of rotatable bonds is 2. The molecule has 0 unspecified atom stereocenters. The Morgan fingerprint density at radius 3 is 2.85 bits per heavy atom. The number of H-pyrrole nitrogens is 1. The molecule has 0 spiro atoms. The summed E-state index contributed by atoms with van der Waals surface area (Å²) in [5.74, 6) is 0.479. The van der Waals surface area contributed by atoms with E-state index >= 15 is 0 Å². The lowest BCUT2D eigenvalue weighted by Crippen LogP contribution is -1.90. The van der Waals surface area contributed by atoms with Gasteiger partial charge in [-0.3, -0.25) is 10.1 Å². The molecule has 5 heteroatoms. The molecule has 0 aliphatic heterocycles. The van der Waals surface area contributed by atoms with Gasteiger partial charge in [0.1, 0.15) is 0 Å². The summed E-state index contributed by atoms with van der Waals surface area (Å²) in [6.07, 6.45) is 3.53. The molecule has 0 saturated carbocycles. The molecule has 0 bridgehead atoms. The molecule has 0 radical (unpaired) electrons. The van der Waals surface area contributed by atoms with Crippen molar-refractivity contribution >= 4 is 21.7 Å². The molecule has 3 aromatic rings. The maximum atomic E-state index is 6.02. The normalized spacial score (nSPS) is 10.7. The van der Waals surface area contributed by atoms with Crippen molar-refractivity contribution in [1.82, 2.24) is 15.2 Å². The Morgan fingerprint density at radius 1 is 1.25 bits per heavy atom. The highest BCUT2D eigenvalue weighted by molar-refractivity contribution is 9.10. The van der Waals surface area contributed by atoms with E-state index in [0.29, 0.717) is 5.82 Å². The highest BCUT2D eigenvalue weighted by Crippen LogP contribution is 2.36. The van der Waals surface area contributed by atoms with Crippen molar-refractivity contribution < 1.29 is 0 Å². The lowest BCUT2D eigenvalue weighted by atomic mass is 9.99. The number of aryl methyl sites for hydroxylation is 1. The Balaban J connectivity index is 2.24. The molecule has 0 saturated heterocycles. The number of anilines is 1. The van der Waals surface area contributed by atoms with Crippen molar-refractivity contribution in [2.24, 2.45) is 0 Å². The third-order valence-electron chi connectivity index (χ3n) is 3.21. The van der Waals surface area contributed by atoms with Crippen LogP contribution < -0.4 is 5.73 Å². The fraction of sp³-hybridized carbons (Fsp3) is 0.0667. The van der Waals surface area contributed by atoms with Gasteiger partial charge in [0.25, 0.3) is 0 Å². The smallest absolute Gasteiger partial charge is 0.153 e. The number of halogens is 1. The van der Waals surface area contributed by atoms with Crippen molar-refractivity contribution in [3.63, 3.8) is 0 Å². The van der Waals surface area contributed by atoms with Crippen LogP contribution in [0.4, 0.5) is 5.82 Å². The third kappa shape index (κ3) is 2.20. The number of nitrogens with zero attached hydrogens (tertiary/aromatic N) is 2. The maximum Gasteiger partial charge on any atom is 0.153 e. The molecule has 0 aliphatic carbocycles. The molecule has 0 atom stereocenters. The Kier molecular flexibility index (Phi) is 3.28. The summed E-state index contributed by atoms with van der Waals surface area (Å²) in [6.45, 7) is 2.06. The van der Waals surface area contributed by atoms with E-state index in [1.807, 2.05) is 18.2 Å². The number of aromatic amines is 1. The molecule has 0 fully saturated rings. The van der Waals surface area contributed by atoms with E-state index in [0.717, 1.165) is 32.4 Å². The summed E-state index contributed by atoms with van der Waals surface area (Å²) in [5, 5.41) is 7.18. The van der Waals surface area contributed by atoms with E-state index < -0.39 is 0 Å². The Hall–Kier alpha value is -2.14. The summed E-state index contributed by atoms with van der Waals surface area (Å²) in [5.41, 5.74) is 11.0. The summed E-state index contributed by atoms with van der Waals surface area (Å²) < 4.78 is 1.02. The lowest BCUT2D eigenvalue weighted by molar-refractivity contribution is 1.10. The molecule has 100 valence electrons. The monoisotopic (exact) mass is 328 g/mol. The first-order valence-electron chi connectivity index (χ1n) is 6.17. The molecular weight excluding hydrogens is 316 g/mol. The van der Waals surface area contributed by atoms with E-state index in [2.05, 4.69) is 50.2 Å². The Bertz CT molecular complexity index is 750. The first kappa shape index (κ1) is 12.9. The molecule has 0 aliphatic rings. The summed E-state index contributed by atoms with van der Waals surface area (Å²) in [6, 6.07) is 10.00. The van der Waals surface area contributed by atoms with Crippen LogP contribution in [0, 0.1) is 6.92 Å². The number of nitrogens with two attached hydrogens (primary N) is 1. The zero-order chi connectivity index (χ0) is 14.1. The van der Waals surface area contributed by atoms with Crippen LogP contribution >= 0.6 is 15.9 Å². The van der Waals surface area contributed by atoms with Crippen LogP contribution in [-0.4, -0.2) is 15.2 Å². The van der Waals surface area contributed by atoms with Gasteiger partial charge in [-0.2, -0.15) is 5.10 Å². The molecule has 3 N–H and O–H groups in total. The summed E-state index contributed by atoms with van der Waals surface area (Å²) in [7, 11) is 0. The van der Waals surface area contributed by atoms with Crippen molar-refractivity contribution in [3.8, 4) is 22.4 Å². The summed E-state index contributed by atoms with van der Waals surface area (Å²) in [4.78, 5) is 4.15. The second-order valence-electron chi connectivity index (χ2n) is 4.56. The highest BCUT2D eigenvalue weighted by Gasteiger charge is 2.16. The van der Waals surface area contributed by atoms with Crippen LogP contribution in [0.25, 0.3) is 22.4 Å². The van der Waals surface area contributed by atoms with Gasteiger partial charge in [0.2, 0.25) is 0 Å². The van der Waals surface area contributed by atoms with Gasteiger partial charge in [-0.1, -0.05) is 28.1 Å². The number of benzene rings is 1. The molecule has 1 aromatic carbocycles. The molecule has 20 heavy (non-hydrogen) atoms. The number of pyridine rings is 1. The van der Waals surface area contributed by atoms with Crippen molar-refractivity contribution in [1.29, 1.82) is 0 Å². The molecule has 0 amide bonds. The van der Waals surface area contributed by atoms with E-state index in [9.17, 15) is 0 Å².